The molecular formula is C59H82N22O7. The van der Waals surface area contributed by atoms with Crippen LogP contribution >= 0.6 is 0 Å². The first-order chi connectivity index (χ1) is 41.3. The highest BCUT2D eigenvalue weighted by atomic mass is 16.2. The molecule has 0 atom stereocenters. The lowest BCUT2D eigenvalue weighted by Crippen LogP contribution is -2.42. The van der Waals surface area contributed by atoms with Crippen molar-refractivity contribution in [2.45, 2.75) is 160 Å². The molecule has 0 spiro atoms. The monoisotopic (exact) mass is 1210 g/mol. The van der Waals surface area contributed by atoms with Crippen molar-refractivity contribution in [3.8, 4) is 0 Å². The van der Waals surface area contributed by atoms with E-state index in [4.69, 9.17) is 11.5 Å². The molecular weight excluding hydrogens is 1130 g/mol. The number of fused-ring (bicyclic) bond motifs is 4. The summed E-state index contributed by atoms with van der Waals surface area (Å²) < 4.78 is 10.9. The molecule has 0 saturated heterocycles. The molecule has 29 heteroatoms. The number of nitrogens with zero attached hydrogens (tertiary/aromatic N) is 15. The zero-order valence-electron chi connectivity index (χ0n) is 53.0. The summed E-state index contributed by atoms with van der Waals surface area (Å²) >= 11 is 0. The molecule has 0 aliphatic carbocycles. The second-order valence-electron chi connectivity index (χ2n) is 22.2. The fraction of sp³-hybridized carbons (Fsp3) is 0.407. The van der Waals surface area contributed by atoms with Crippen molar-refractivity contribution in [2.75, 3.05) is 11.5 Å². The van der Waals surface area contributed by atoms with Crippen molar-refractivity contribution in [1.82, 2.24) is 97.4 Å². The van der Waals surface area contributed by atoms with Gasteiger partial charge >= 0.3 is 17.4 Å². The van der Waals surface area contributed by atoms with Crippen LogP contribution in [0.25, 0.3) is 44.4 Å². The third kappa shape index (κ3) is 17.4. The standard InChI is InChI=1S/C10H13N3O.C9H12N4O.C9H12N4.C8H11N5.C8H12N2O2.C8H12N2O.C7H10N2O2/c1-6(2)13-5-4-8-9(13)11-7(3)12-10(8)14;1-5(2)13-4-10-7-8(13)11-6(3)12-9(7)14;1-6(2)13-4-3-7-8(10)11-5-12-9(7)13;1-5(2)13-4-12-6-7(9)10-3-11-8(6)13;1-5(2)10-4-6(3)7(11)9-8(10)12;1-6(2)10-5-4-7(3)9-8(10)11;1-5(2)9-4-3-6(10)8-7(9)11/h4-6H,1-3H3,(H,11,12,14);4-5H,1-3H3,(H,11,12,14);3-6H,1-2H3,(H2,10,11,12);3-5H,1-2H3,(H2,9,10,11);4-5H,1-3H3,(H,9,11,12);4-6H,3H2,1-2H3,(H,9,11);3-5H,1-2H3,(H,8,10,11). The average Bonchev–Trinajstić information content (AvgIpc) is 3.20. The predicted molar refractivity (Wildman–Crippen MR) is 343 cm³/mol. The number of rotatable bonds is 7. The molecule has 2 amide bonds. The number of nitrogens with one attached hydrogen (secondary N) is 5. The Bertz CT molecular complexity index is 4240. The second-order valence-corrected chi connectivity index (χ2v) is 22.2. The number of urea groups is 1. The molecule has 0 radical (unpaired) electrons. The highest BCUT2D eigenvalue weighted by Crippen LogP contribution is 2.21. The van der Waals surface area contributed by atoms with Crippen molar-refractivity contribution in [3.63, 3.8) is 0 Å². The molecule has 11 rings (SSSR count). The molecule has 0 aromatic carbocycles. The smallest absolute Gasteiger partial charge is 0.328 e. The highest BCUT2D eigenvalue weighted by Gasteiger charge is 2.18. The van der Waals surface area contributed by atoms with E-state index in [0.717, 1.165) is 22.3 Å². The first kappa shape index (κ1) is 68.4. The van der Waals surface area contributed by atoms with E-state index in [1.54, 1.807) is 62.9 Å². The minimum Gasteiger partial charge on any atom is -0.383 e. The summed E-state index contributed by atoms with van der Waals surface area (Å²) in [5, 5.41) is 4.20. The molecule has 470 valence electrons. The van der Waals surface area contributed by atoms with Gasteiger partial charge in [0.05, 0.1) is 23.4 Å². The number of hydrogen-bond donors (Lipinski definition) is 7. The van der Waals surface area contributed by atoms with Crippen molar-refractivity contribution < 1.29 is 4.79 Å². The summed E-state index contributed by atoms with van der Waals surface area (Å²) in [6.45, 7) is 36.8. The fourth-order valence-corrected chi connectivity index (χ4v) is 8.33. The first-order valence-corrected chi connectivity index (χ1v) is 28.4. The largest absolute Gasteiger partial charge is 0.383 e. The zero-order chi connectivity index (χ0) is 65.6. The Hall–Kier alpha value is -10.3. The SMILES string of the molecule is C=C1C=CN(C(C)C)C(=O)N1.CC(C)n1ccc(=O)[nH]c1=O.CC(C)n1ccc2c(N)ncnc21.CC(C)n1cnc2c(N)ncnc21.Cc1cn(C(C)C)c(=O)[nH]c1=O.Cc1nc2c(ccn2C(C)C)c(=O)[nH]1.Cc1nc2c(ncn2C(C)C)c(=O)[nH]1. The van der Waals surface area contributed by atoms with Crippen LogP contribution in [-0.2, 0) is 0 Å². The zero-order valence-corrected chi connectivity index (χ0v) is 53.0. The maximum absolute atomic E-state index is 11.5. The van der Waals surface area contributed by atoms with Crippen molar-refractivity contribution >= 4 is 62.1 Å². The van der Waals surface area contributed by atoms with Crippen LogP contribution in [0.1, 0.15) is 150 Å². The number of aryl methyl sites for hydroxylation is 3. The van der Waals surface area contributed by atoms with Crippen molar-refractivity contribution in [3.05, 3.63) is 172 Å². The third-order valence-corrected chi connectivity index (χ3v) is 13.0. The number of anilines is 2. The number of imidazole rings is 2. The van der Waals surface area contributed by atoms with Crippen LogP contribution in [0.4, 0.5) is 16.4 Å². The Morgan fingerprint density at radius 1 is 0.455 bits per heavy atom. The van der Waals surface area contributed by atoms with Gasteiger partial charge in [0.15, 0.2) is 22.6 Å². The molecule has 0 fully saturated rings. The van der Waals surface area contributed by atoms with Crippen LogP contribution in [0, 0.1) is 20.8 Å². The maximum atomic E-state index is 11.5. The van der Waals surface area contributed by atoms with Crippen molar-refractivity contribution in [1.29, 1.82) is 0 Å². The van der Waals surface area contributed by atoms with Gasteiger partial charge in [0.2, 0.25) is 0 Å². The Balaban J connectivity index is 0.000000187. The Kier molecular flexibility index (Phi) is 23.4. The number of aromatic amines is 4. The van der Waals surface area contributed by atoms with Gasteiger partial charge in [0, 0.05) is 90.6 Å². The van der Waals surface area contributed by atoms with Gasteiger partial charge in [-0.25, -0.2) is 54.3 Å². The first-order valence-electron chi connectivity index (χ1n) is 28.4. The van der Waals surface area contributed by atoms with Gasteiger partial charge in [-0.2, -0.15) is 0 Å². The van der Waals surface area contributed by atoms with E-state index < -0.39 is 0 Å². The summed E-state index contributed by atoms with van der Waals surface area (Å²) in [5.74, 6) is 2.25. The van der Waals surface area contributed by atoms with Gasteiger partial charge in [-0.05, 0) is 136 Å². The van der Waals surface area contributed by atoms with Gasteiger partial charge in [-0.1, -0.05) is 6.58 Å². The van der Waals surface area contributed by atoms with Gasteiger partial charge in [-0.15, -0.1) is 0 Å². The third-order valence-electron chi connectivity index (χ3n) is 13.0. The van der Waals surface area contributed by atoms with Gasteiger partial charge in [-0.3, -0.25) is 43.2 Å². The predicted octanol–water partition coefficient (Wildman–Crippen LogP) is 7.20. The Morgan fingerprint density at radius 2 is 0.932 bits per heavy atom. The van der Waals surface area contributed by atoms with Crippen LogP contribution in [0.15, 0.2) is 122 Å². The van der Waals surface area contributed by atoms with Crippen molar-refractivity contribution in [2.24, 2.45) is 0 Å². The lowest BCUT2D eigenvalue weighted by molar-refractivity contribution is 0.207. The lowest BCUT2D eigenvalue weighted by Gasteiger charge is -2.26. The highest BCUT2D eigenvalue weighted by molar-refractivity contribution is 5.86. The average molecular weight is 1210 g/mol. The van der Waals surface area contributed by atoms with Crippen LogP contribution in [0.3, 0.4) is 0 Å². The fourth-order valence-electron chi connectivity index (χ4n) is 8.33. The molecule has 0 bridgehead atoms. The molecule has 11 heterocycles. The van der Waals surface area contributed by atoms with E-state index in [0.29, 0.717) is 74.7 Å². The number of amides is 2. The topological polar surface area (TPSA) is 383 Å². The summed E-state index contributed by atoms with van der Waals surface area (Å²) in [5.41, 5.74) is 15.2. The number of aromatic nitrogens is 18. The van der Waals surface area contributed by atoms with Gasteiger partial charge in [0.1, 0.15) is 46.9 Å². The molecule has 29 nitrogen and oxygen atoms in total. The van der Waals surface area contributed by atoms with E-state index in [2.05, 4.69) is 118 Å². The minimum absolute atomic E-state index is 0.0631. The number of nitrogen functional groups attached to an aromatic ring is 2. The van der Waals surface area contributed by atoms with Crippen LogP contribution < -0.4 is 50.4 Å². The minimum atomic E-state index is -0.355. The summed E-state index contributed by atoms with van der Waals surface area (Å²) in [7, 11) is 0. The van der Waals surface area contributed by atoms with E-state index in [-0.39, 0.29) is 63.8 Å². The Labute approximate surface area is 506 Å². The van der Waals surface area contributed by atoms with Crippen LogP contribution in [0.2, 0.25) is 0 Å². The number of H-pyrrole nitrogens is 4. The number of hydrogen-bond acceptors (Lipinski definition) is 17. The maximum Gasteiger partial charge on any atom is 0.328 e. The van der Waals surface area contributed by atoms with Gasteiger partial charge < -0.3 is 45.0 Å². The molecule has 9 N–H and O–H groups in total. The number of carbonyl (C=O) groups excluding carboxylic acids is 1. The normalized spacial score (nSPS) is 11.9. The lowest BCUT2D eigenvalue weighted by atomic mass is 10.3. The molecule has 1 aliphatic heterocycles. The molecule has 10 aromatic heterocycles. The van der Waals surface area contributed by atoms with E-state index in [1.807, 2.05) is 87.6 Å². The molecule has 0 saturated carbocycles. The molecule has 10 aromatic rings. The van der Waals surface area contributed by atoms with Crippen LogP contribution in [0.5, 0.6) is 0 Å². The Morgan fingerprint density at radius 3 is 1.48 bits per heavy atom. The summed E-state index contributed by atoms with van der Waals surface area (Å²) in [6.07, 6.45) is 16.8. The van der Waals surface area contributed by atoms with E-state index in [9.17, 15) is 33.6 Å². The number of carbonyl (C=O) groups is 1. The summed E-state index contributed by atoms with van der Waals surface area (Å²) in [4.78, 5) is 122. The molecule has 0 unspecified atom stereocenters. The molecule has 88 heavy (non-hydrogen) atoms. The van der Waals surface area contributed by atoms with E-state index >= 15 is 0 Å². The van der Waals surface area contributed by atoms with Gasteiger partial charge in [0.25, 0.3) is 22.2 Å². The summed E-state index contributed by atoms with van der Waals surface area (Å²) in [6, 6.07) is 6.65. The molecule has 1 aliphatic rings. The second kappa shape index (κ2) is 30.1. The number of nitrogens with two attached hydrogens (primary N) is 2. The quantitative estimate of drug-likeness (QED) is 0.0829. The number of allylic oxidation sites excluding steroid dienone is 1. The van der Waals surface area contributed by atoms with E-state index in [1.165, 1.54) is 34.1 Å². The van der Waals surface area contributed by atoms with Crippen LogP contribution in [-0.4, -0.2) is 104 Å².